The van der Waals surface area contributed by atoms with Gasteiger partial charge in [0, 0.05) is 25.3 Å². The highest BCUT2D eigenvalue weighted by atomic mass is 32.1. The van der Waals surface area contributed by atoms with Gasteiger partial charge in [-0.3, -0.25) is 4.79 Å². The summed E-state index contributed by atoms with van der Waals surface area (Å²) in [5.74, 6) is 0.0559. The van der Waals surface area contributed by atoms with Crippen molar-refractivity contribution in [2.45, 2.75) is 0 Å². The molecular weight excluding hydrogens is 304 g/mol. The van der Waals surface area contributed by atoms with Gasteiger partial charge in [-0.25, -0.2) is 0 Å². The van der Waals surface area contributed by atoms with Gasteiger partial charge in [0.25, 0.3) is 0 Å². The first-order chi connectivity index (χ1) is 11.1. The maximum atomic E-state index is 12.8. The number of para-hydroxylation sites is 1. The number of hydrogen-bond acceptors (Lipinski definition) is 4. The van der Waals surface area contributed by atoms with Crippen molar-refractivity contribution in [1.82, 2.24) is 0 Å². The van der Waals surface area contributed by atoms with Gasteiger partial charge in [-0.2, -0.15) is 0 Å². The number of carbonyl (C=O) groups is 1. The van der Waals surface area contributed by atoms with Gasteiger partial charge in [0.2, 0.25) is 5.78 Å². The van der Waals surface area contributed by atoms with Crippen LogP contribution >= 0.6 is 11.3 Å². The topological polar surface area (TPSA) is 32.3 Å². The normalized spacial score (nSPS) is 10.3. The van der Waals surface area contributed by atoms with Crippen LogP contribution in [0.3, 0.4) is 0 Å². The van der Waals surface area contributed by atoms with Crippen LogP contribution < -0.4 is 10.2 Å². The van der Waals surface area contributed by atoms with Crippen molar-refractivity contribution < 1.29 is 4.79 Å². The van der Waals surface area contributed by atoms with E-state index in [1.54, 1.807) is 0 Å². The third-order valence-corrected chi connectivity index (χ3v) is 4.52. The number of nitrogens with zero attached hydrogens (tertiary/aromatic N) is 1. The summed E-state index contributed by atoms with van der Waals surface area (Å²) in [6, 6.07) is 21.4. The predicted molar refractivity (Wildman–Crippen MR) is 98.2 cm³/mol. The molecule has 0 aliphatic rings. The van der Waals surface area contributed by atoms with E-state index in [9.17, 15) is 4.79 Å². The average molecular weight is 322 g/mol. The Bertz CT molecular complexity index is 795. The standard InChI is InChI=1S/C19H18N2OS/c1-21(2)16-13-17(20-15-11-7-4-8-12-15)23-19(16)18(22)14-9-5-3-6-10-14/h3-13,20H,1-2H3. The van der Waals surface area contributed by atoms with Gasteiger partial charge in [-0.15, -0.1) is 11.3 Å². The molecule has 0 unspecified atom stereocenters. The van der Waals surface area contributed by atoms with E-state index in [4.69, 9.17) is 0 Å². The molecule has 3 nitrogen and oxygen atoms in total. The molecule has 0 radical (unpaired) electrons. The van der Waals surface area contributed by atoms with Crippen molar-refractivity contribution in [3.05, 3.63) is 77.2 Å². The van der Waals surface area contributed by atoms with Gasteiger partial charge in [0.05, 0.1) is 10.7 Å². The summed E-state index contributed by atoms with van der Waals surface area (Å²) in [5, 5.41) is 4.32. The summed E-state index contributed by atoms with van der Waals surface area (Å²) >= 11 is 1.48. The fourth-order valence-corrected chi connectivity index (χ4v) is 3.44. The molecule has 23 heavy (non-hydrogen) atoms. The first-order valence-corrected chi connectivity index (χ1v) is 8.20. The second-order valence-electron chi connectivity index (χ2n) is 5.41. The quantitative estimate of drug-likeness (QED) is 0.686. The number of anilines is 3. The van der Waals surface area contributed by atoms with E-state index in [2.05, 4.69) is 5.32 Å². The van der Waals surface area contributed by atoms with Gasteiger partial charge in [-0.1, -0.05) is 48.5 Å². The van der Waals surface area contributed by atoms with Gasteiger partial charge < -0.3 is 10.2 Å². The fraction of sp³-hybridized carbons (Fsp3) is 0.105. The third kappa shape index (κ3) is 3.43. The Morgan fingerprint density at radius 2 is 1.57 bits per heavy atom. The lowest BCUT2D eigenvalue weighted by molar-refractivity contribution is 0.104. The third-order valence-electron chi connectivity index (χ3n) is 3.48. The Morgan fingerprint density at radius 1 is 0.957 bits per heavy atom. The van der Waals surface area contributed by atoms with Crippen molar-refractivity contribution >= 4 is 33.5 Å². The number of benzene rings is 2. The Labute approximate surface area is 140 Å². The zero-order valence-corrected chi connectivity index (χ0v) is 13.9. The van der Waals surface area contributed by atoms with Crippen LogP contribution in [0, 0.1) is 0 Å². The van der Waals surface area contributed by atoms with Crippen LogP contribution in [-0.2, 0) is 0 Å². The Hall–Kier alpha value is -2.59. The van der Waals surface area contributed by atoms with Crippen LogP contribution in [0.25, 0.3) is 0 Å². The molecule has 0 bridgehead atoms. The van der Waals surface area contributed by atoms with Crippen LogP contribution in [0.2, 0.25) is 0 Å². The van der Waals surface area contributed by atoms with Crippen molar-refractivity contribution in [2.24, 2.45) is 0 Å². The van der Waals surface area contributed by atoms with Gasteiger partial charge in [-0.05, 0) is 18.2 Å². The molecule has 0 amide bonds. The number of nitrogens with one attached hydrogen (secondary N) is 1. The summed E-state index contributed by atoms with van der Waals surface area (Å²) in [4.78, 5) is 15.5. The summed E-state index contributed by atoms with van der Waals surface area (Å²) < 4.78 is 0. The monoisotopic (exact) mass is 322 g/mol. The van der Waals surface area contributed by atoms with Crippen LogP contribution in [0.1, 0.15) is 15.2 Å². The van der Waals surface area contributed by atoms with E-state index in [1.165, 1.54) is 11.3 Å². The SMILES string of the molecule is CN(C)c1cc(Nc2ccccc2)sc1C(=O)c1ccccc1. The summed E-state index contributed by atoms with van der Waals surface area (Å²) in [5.41, 5.74) is 2.66. The highest BCUT2D eigenvalue weighted by Crippen LogP contribution is 2.36. The van der Waals surface area contributed by atoms with Crippen LogP contribution in [0.5, 0.6) is 0 Å². The smallest absolute Gasteiger partial charge is 0.205 e. The van der Waals surface area contributed by atoms with Crippen molar-refractivity contribution in [3.63, 3.8) is 0 Å². The molecular formula is C19H18N2OS. The summed E-state index contributed by atoms with van der Waals surface area (Å²) in [7, 11) is 3.91. The lowest BCUT2D eigenvalue weighted by Gasteiger charge is -2.12. The Morgan fingerprint density at radius 3 is 2.17 bits per heavy atom. The molecule has 3 aromatic rings. The van der Waals surface area contributed by atoms with E-state index in [0.717, 1.165) is 21.3 Å². The van der Waals surface area contributed by atoms with Crippen LogP contribution in [0.15, 0.2) is 66.7 Å². The number of carbonyl (C=O) groups excluding carboxylic acids is 1. The zero-order chi connectivity index (χ0) is 16.2. The summed E-state index contributed by atoms with van der Waals surface area (Å²) in [6.07, 6.45) is 0. The first kappa shape index (κ1) is 15.3. The molecule has 1 N–H and O–H groups in total. The minimum atomic E-state index is 0.0559. The zero-order valence-electron chi connectivity index (χ0n) is 13.1. The van der Waals surface area contributed by atoms with Gasteiger partial charge >= 0.3 is 0 Å². The molecule has 4 heteroatoms. The second-order valence-corrected chi connectivity index (χ2v) is 6.46. The molecule has 0 aliphatic heterocycles. The summed E-state index contributed by atoms with van der Waals surface area (Å²) in [6.45, 7) is 0. The van der Waals surface area contributed by atoms with E-state index in [0.29, 0.717) is 5.56 Å². The number of thiophene rings is 1. The molecule has 0 spiro atoms. The van der Waals surface area contributed by atoms with E-state index >= 15 is 0 Å². The molecule has 0 saturated carbocycles. The van der Waals surface area contributed by atoms with Crippen LogP contribution in [-0.4, -0.2) is 19.9 Å². The van der Waals surface area contributed by atoms with Crippen molar-refractivity contribution in [3.8, 4) is 0 Å². The van der Waals surface area contributed by atoms with Crippen molar-refractivity contribution in [2.75, 3.05) is 24.3 Å². The van der Waals surface area contributed by atoms with E-state index in [-0.39, 0.29) is 5.78 Å². The molecule has 116 valence electrons. The van der Waals surface area contributed by atoms with E-state index < -0.39 is 0 Å². The lowest BCUT2D eigenvalue weighted by Crippen LogP contribution is -2.12. The minimum Gasteiger partial charge on any atom is -0.376 e. The molecule has 1 heterocycles. The van der Waals surface area contributed by atoms with Crippen LogP contribution in [0.4, 0.5) is 16.4 Å². The maximum absolute atomic E-state index is 12.8. The molecule has 1 aromatic heterocycles. The molecule has 3 rings (SSSR count). The average Bonchev–Trinajstić information content (AvgIpc) is 3.00. The molecule has 0 atom stereocenters. The number of ketones is 1. The minimum absolute atomic E-state index is 0.0559. The molecule has 0 aliphatic carbocycles. The maximum Gasteiger partial charge on any atom is 0.205 e. The highest BCUT2D eigenvalue weighted by molar-refractivity contribution is 7.18. The lowest BCUT2D eigenvalue weighted by atomic mass is 10.1. The van der Waals surface area contributed by atoms with Gasteiger partial charge in [0.1, 0.15) is 4.88 Å². The largest absolute Gasteiger partial charge is 0.376 e. The number of rotatable bonds is 5. The first-order valence-electron chi connectivity index (χ1n) is 7.38. The Kier molecular flexibility index (Phi) is 4.44. The molecule has 2 aromatic carbocycles. The number of hydrogen-bond donors (Lipinski definition) is 1. The molecule has 0 fully saturated rings. The molecule has 0 saturated heterocycles. The Balaban J connectivity index is 1.95. The van der Waals surface area contributed by atoms with E-state index in [1.807, 2.05) is 85.7 Å². The second kappa shape index (κ2) is 6.67. The van der Waals surface area contributed by atoms with Gasteiger partial charge in [0.15, 0.2) is 0 Å². The highest BCUT2D eigenvalue weighted by Gasteiger charge is 2.19. The fourth-order valence-electron chi connectivity index (χ4n) is 2.32. The van der Waals surface area contributed by atoms with Crippen molar-refractivity contribution in [1.29, 1.82) is 0 Å². The predicted octanol–water partition coefficient (Wildman–Crippen LogP) is 4.79.